The largest absolute Gasteiger partial charge is 0.495 e. The maximum Gasteiger partial charge on any atom is 0.273 e. The molecule has 0 radical (unpaired) electrons. The van der Waals surface area contributed by atoms with Crippen LogP contribution in [0, 0.1) is 0 Å². The Labute approximate surface area is 154 Å². The van der Waals surface area contributed by atoms with Gasteiger partial charge in [-0.3, -0.25) is 20.4 Å². The lowest BCUT2D eigenvalue weighted by atomic mass is 10.2. The van der Waals surface area contributed by atoms with Crippen LogP contribution in [0.2, 0.25) is 5.02 Å². The van der Waals surface area contributed by atoms with Crippen molar-refractivity contribution in [2.24, 2.45) is 0 Å². The second-order valence-corrected chi connectivity index (χ2v) is 6.59. The summed E-state index contributed by atoms with van der Waals surface area (Å²) in [5.41, 5.74) is 5.33. The third-order valence-corrected chi connectivity index (χ3v) is 4.15. The summed E-state index contributed by atoms with van der Waals surface area (Å²) in [4.78, 5) is 24.2. The van der Waals surface area contributed by atoms with E-state index < -0.39 is 11.8 Å². The van der Waals surface area contributed by atoms with Gasteiger partial charge in [0.1, 0.15) is 5.75 Å². The average molecular weight is 463 g/mol. The highest BCUT2D eigenvalue weighted by Crippen LogP contribution is 2.32. The number of ether oxygens (including phenoxy) is 1. The van der Waals surface area contributed by atoms with Gasteiger partial charge in [0.05, 0.1) is 17.1 Å². The zero-order valence-corrected chi connectivity index (χ0v) is 15.8. The van der Waals surface area contributed by atoms with E-state index in [0.717, 1.165) is 0 Å². The number of carbonyl (C=O) groups excluding carboxylic acids is 2. The van der Waals surface area contributed by atoms with E-state index in [1.165, 1.54) is 7.11 Å². The van der Waals surface area contributed by atoms with Gasteiger partial charge in [0.15, 0.2) is 0 Å². The highest BCUT2D eigenvalue weighted by molar-refractivity contribution is 9.11. The molecule has 0 atom stereocenters. The molecule has 2 amide bonds. The lowest BCUT2D eigenvalue weighted by molar-refractivity contribution is 0.0845. The molecule has 0 fully saturated rings. The van der Waals surface area contributed by atoms with Crippen LogP contribution in [0.25, 0.3) is 0 Å². The Morgan fingerprint density at radius 2 is 1.65 bits per heavy atom. The van der Waals surface area contributed by atoms with E-state index >= 15 is 0 Å². The number of hydrogen-bond acceptors (Lipinski definition) is 3. The minimum Gasteiger partial charge on any atom is -0.495 e. The predicted octanol–water partition coefficient (Wildman–Crippen LogP) is 3.95. The Morgan fingerprint density at radius 1 is 1.04 bits per heavy atom. The summed E-state index contributed by atoms with van der Waals surface area (Å²) in [6, 6.07) is 9.63. The first-order valence-electron chi connectivity index (χ1n) is 6.31. The zero-order chi connectivity index (χ0) is 17.0. The summed E-state index contributed by atoms with van der Waals surface area (Å²) >= 11 is 12.4. The summed E-state index contributed by atoms with van der Waals surface area (Å²) < 4.78 is 6.51. The Kier molecular flexibility index (Phi) is 6.04. The number of amides is 2. The Bertz CT molecular complexity index is 751. The molecule has 5 nitrogen and oxygen atoms in total. The summed E-state index contributed by atoms with van der Waals surface area (Å²) in [5.74, 6) is -0.597. The third kappa shape index (κ3) is 4.46. The minimum absolute atomic E-state index is 0.269. The molecule has 2 N–H and O–H groups in total. The Morgan fingerprint density at radius 3 is 2.26 bits per heavy atom. The zero-order valence-electron chi connectivity index (χ0n) is 11.8. The molecule has 0 saturated heterocycles. The van der Waals surface area contributed by atoms with Crippen molar-refractivity contribution in [2.45, 2.75) is 0 Å². The molecule has 120 valence electrons. The average Bonchev–Trinajstić information content (AvgIpc) is 2.52. The van der Waals surface area contributed by atoms with Crippen LogP contribution in [-0.4, -0.2) is 18.9 Å². The van der Waals surface area contributed by atoms with Crippen molar-refractivity contribution in [1.29, 1.82) is 0 Å². The van der Waals surface area contributed by atoms with Crippen LogP contribution < -0.4 is 15.6 Å². The van der Waals surface area contributed by atoms with Gasteiger partial charge in [-0.2, -0.15) is 0 Å². The van der Waals surface area contributed by atoms with Gasteiger partial charge in [-0.15, -0.1) is 0 Å². The van der Waals surface area contributed by atoms with Crippen LogP contribution in [0.15, 0.2) is 45.3 Å². The van der Waals surface area contributed by atoms with E-state index in [1.54, 1.807) is 36.4 Å². The minimum atomic E-state index is -0.508. The number of benzene rings is 2. The number of hydrogen-bond donors (Lipinski definition) is 2. The van der Waals surface area contributed by atoms with Gasteiger partial charge in [-0.05, 0) is 52.3 Å². The van der Waals surface area contributed by atoms with Crippen LogP contribution in [0.3, 0.4) is 0 Å². The maximum absolute atomic E-state index is 12.3. The van der Waals surface area contributed by atoms with Crippen molar-refractivity contribution in [3.63, 3.8) is 0 Å². The fourth-order valence-corrected chi connectivity index (χ4v) is 3.30. The fraction of sp³-hybridized carbons (Fsp3) is 0.0667. The van der Waals surface area contributed by atoms with Gasteiger partial charge in [-0.1, -0.05) is 27.5 Å². The lowest BCUT2D eigenvalue weighted by Gasteiger charge is -2.12. The van der Waals surface area contributed by atoms with Crippen molar-refractivity contribution in [1.82, 2.24) is 10.9 Å². The molecule has 0 saturated carbocycles. The smallest absolute Gasteiger partial charge is 0.273 e. The van der Waals surface area contributed by atoms with E-state index in [2.05, 4.69) is 42.7 Å². The quantitative estimate of drug-likeness (QED) is 0.679. The summed E-state index contributed by atoms with van der Waals surface area (Å²) in [5, 5.41) is 0.523. The van der Waals surface area contributed by atoms with Crippen molar-refractivity contribution in [2.75, 3.05) is 7.11 Å². The van der Waals surface area contributed by atoms with Gasteiger partial charge < -0.3 is 4.74 Å². The Balaban J connectivity index is 2.11. The van der Waals surface area contributed by atoms with E-state index in [9.17, 15) is 9.59 Å². The molecule has 2 rings (SSSR count). The van der Waals surface area contributed by atoms with Crippen LogP contribution in [0.4, 0.5) is 0 Å². The second kappa shape index (κ2) is 7.81. The topological polar surface area (TPSA) is 67.4 Å². The van der Waals surface area contributed by atoms with E-state index in [-0.39, 0.29) is 5.56 Å². The molecule has 2 aromatic carbocycles. The summed E-state index contributed by atoms with van der Waals surface area (Å²) in [6.07, 6.45) is 0. The highest BCUT2D eigenvalue weighted by Gasteiger charge is 2.17. The monoisotopic (exact) mass is 460 g/mol. The van der Waals surface area contributed by atoms with Gasteiger partial charge in [0.25, 0.3) is 11.8 Å². The van der Waals surface area contributed by atoms with Crippen LogP contribution >= 0.6 is 43.5 Å². The molecule has 0 aromatic heterocycles. The van der Waals surface area contributed by atoms with Gasteiger partial charge in [-0.25, -0.2) is 0 Å². The van der Waals surface area contributed by atoms with Crippen molar-refractivity contribution < 1.29 is 14.3 Å². The van der Waals surface area contributed by atoms with E-state index in [1.807, 2.05) is 0 Å². The molecule has 0 aliphatic rings. The van der Waals surface area contributed by atoms with Crippen LogP contribution in [0.5, 0.6) is 5.75 Å². The third-order valence-electron chi connectivity index (χ3n) is 2.85. The predicted molar refractivity (Wildman–Crippen MR) is 94.8 cm³/mol. The summed E-state index contributed by atoms with van der Waals surface area (Å²) in [7, 11) is 1.46. The maximum atomic E-state index is 12.3. The van der Waals surface area contributed by atoms with Crippen LogP contribution in [0.1, 0.15) is 20.7 Å². The number of halogens is 3. The number of nitrogens with one attached hydrogen (secondary N) is 2. The standard InChI is InChI=1S/C15H11Br2ClN2O3/c1-23-13-11(6-9(16)7-12(13)17)15(22)20-19-14(21)8-2-4-10(18)5-3-8/h2-7H,1H3,(H,19,21)(H,20,22). The fourth-order valence-electron chi connectivity index (χ4n) is 1.79. The normalized spacial score (nSPS) is 10.1. The van der Waals surface area contributed by atoms with E-state index in [0.29, 0.717) is 25.3 Å². The van der Waals surface area contributed by atoms with Gasteiger partial charge >= 0.3 is 0 Å². The molecular formula is C15H11Br2ClN2O3. The molecule has 0 bridgehead atoms. The first-order valence-corrected chi connectivity index (χ1v) is 8.28. The molecule has 23 heavy (non-hydrogen) atoms. The molecule has 0 heterocycles. The number of carbonyl (C=O) groups is 2. The van der Waals surface area contributed by atoms with Crippen molar-refractivity contribution in [3.8, 4) is 5.75 Å². The molecule has 0 unspecified atom stereocenters. The lowest BCUT2D eigenvalue weighted by Crippen LogP contribution is -2.41. The first kappa shape index (κ1) is 17.8. The molecule has 8 heteroatoms. The van der Waals surface area contributed by atoms with Crippen LogP contribution in [-0.2, 0) is 0 Å². The molecule has 2 aromatic rings. The number of hydrazine groups is 1. The molecule has 0 aliphatic heterocycles. The second-order valence-electron chi connectivity index (χ2n) is 4.38. The number of rotatable bonds is 3. The molecule has 0 spiro atoms. The van der Waals surface area contributed by atoms with Crippen molar-refractivity contribution >= 4 is 55.3 Å². The SMILES string of the molecule is COc1c(Br)cc(Br)cc1C(=O)NNC(=O)c1ccc(Cl)cc1. The molecule has 0 aliphatic carbocycles. The van der Waals surface area contributed by atoms with E-state index in [4.69, 9.17) is 16.3 Å². The highest BCUT2D eigenvalue weighted by atomic mass is 79.9. The van der Waals surface area contributed by atoms with Gasteiger partial charge in [0, 0.05) is 15.1 Å². The van der Waals surface area contributed by atoms with Crippen molar-refractivity contribution in [3.05, 3.63) is 61.5 Å². The van der Waals surface area contributed by atoms with Gasteiger partial charge in [0.2, 0.25) is 0 Å². The first-order chi connectivity index (χ1) is 10.9. The molecular weight excluding hydrogens is 451 g/mol. The Hall–Kier alpha value is -1.57. The number of methoxy groups -OCH3 is 1. The summed E-state index contributed by atoms with van der Waals surface area (Å²) in [6.45, 7) is 0.